The van der Waals surface area contributed by atoms with Gasteiger partial charge in [0.15, 0.2) is 0 Å². The molecule has 2 aromatic carbocycles. The monoisotopic (exact) mass is 402 g/mol. The highest BCUT2D eigenvalue weighted by atomic mass is 16.2. The predicted octanol–water partition coefficient (Wildman–Crippen LogP) is 6.53. The number of amides is 1. The highest BCUT2D eigenvalue weighted by Gasteiger charge is 2.42. The molecule has 4 rings (SSSR count). The molecule has 1 unspecified atom stereocenters. The Morgan fingerprint density at radius 3 is 2.47 bits per heavy atom. The van der Waals surface area contributed by atoms with Crippen LogP contribution in [0.2, 0.25) is 0 Å². The molecule has 0 bridgehead atoms. The van der Waals surface area contributed by atoms with Crippen LogP contribution in [-0.2, 0) is 10.2 Å². The van der Waals surface area contributed by atoms with E-state index < -0.39 is 0 Å². The summed E-state index contributed by atoms with van der Waals surface area (Å²) in [5.41, 5.74) is 6.86. The fourth-order valence-electron chi connectivity index (χ4n) is 5.71. The zero-order valence-electron chi connectivity index (χ0n) is 19.4. The second kappa shape index (κ2) is 6.73. The average molecular weight is 403 g/mol. The Balaban J connectivity index is 1.90. The van der Waals surface area contributed by atoms with E-state index in [0.29, 0.717) is 6.42 Å². The number of hydrogen-bond donors (Lipinski definition) is 1. The van der Waals surface area contributed by atoms with Gasteiger partial charge in [-0.2, -0.15) is 0 Å². The summed E-state index contributed by atoms with van der Waals surface area (Å²) < 4.78 is 0. The molecule has 0 aliphatic carbocycles. The van der Waals surface area contributed by atoms with Crippen molar-refractivity contribution < 1.29 is 4.79 Å². The highest BCUT2D eigenvalue weighted by Crippen LogP contribution is 2.49. The van der Waals surface area contributed by atoms with E-state index in [1.54, 1.807) is 0 Å². The van der Waals surface area contributed by atoms with Crippen molar-refractivity contribution in [2.24, 2.45) is 0 Å². The Morgan fingerprint density at radius 2 is 1.77 bits per heavy atom. The molecule has 0 aromatic heterocycles. The lowest BCUT2D eigenvalue weighted by Gasteiger charge is -2.46. The SMILES string of the molecule is CCC(=O)N1c2ccc(C3(C)CC(C)(C)Nc4ccccc43)cc2C(C)=CC1(C)C. The Bertz CT molecular complexity index is 1050. The van der Waals surface area contributed by atoms with Crippen molar-refractivity contribution in [3.8, 4) is 0 Å². The van der Waals surface area contributed by atoms with Gasteiger partial charge >= 0.3 is 0 Å². The molecule has 3 nitrogen and oxygen atoms in total. The molecule has 158 valence electrons. The molecule has 2 aliphatic rings. The quantitative estimate of drug-likeness (QED) is 0.620. The van der Waals surface area contributed by atoms with Gasteiger partial charge in [-0.3, -0.25) is 4.79 Å². The maximum absolute atomic E-state index is 12.8. The Labute approximate surface area is 181 Å². The smallest absolute Gasteiger partial charge is 0.227 e. The first-order valence-corrected chi connectivity index (χ1v) is 11.0. The summed E-state index contributed by atoms with van der Waals surface area (Å²) >= 11 is 0. The zero-order chi connectivity index (χ0) is 21.9. The second-order valence-electron chi connectivity index (χ2n) is 10.4. The van der Waals surface area contributed by atoms with E-state index in [9.17, 15) is 4.79 Å². The van der Waals surface area contributed by atoms with Crippen LogP contribution in [0.1, 0.15) is 78.0 Å². The molecule has 2 aliphatic heterocycles. The van der Waals surface area contributed by atoms with E-state index >= 15 is 0 Å². The standard InChI is InChI=1S/C27H34N2O/c1-8-24(30)29-23-14-13-19(15-20(23)18(2)16-26(29,5)6)27(7)17-25(3,4)28-22-12-10-9-11-21(22)27/h9-16,28H,8,17H2,1-7H3. The fraction of sp³-hybridized carbons (Fsp3) is 0.444. The first-order chi connectivity index (χ1) is 14.0. The summed E-state index contributed by atoms with van der Waals surface area (Å²) in [6, 6.07) is 15.4. The number of rotatable bonds is 2. The number of nitrogens with one attached hydrogen (secondary N) is 1. The summed E-state index contributed by atoms with van der Waals surface area (Å²) in [4.78, 5) is 14.8. The molecule has 0 radical (unpaired) electrons. The van der Waals surface area contributed by atoms with E-state index in [1.807, 2.05) is 11.8 Å². The van der Waals surface area contributed by atoms with Gasteiger partial charge in [-0.05, 0) is 75.9 Å². The number of carbonyl (C=O) groups excluding carboxylic acids is 1. The molecule has 0 saturated carbocycles. The minimum absolute atomic E-state index is 0.00388. The van der Waals surface area contributed by atoms with Crippen LogP contribution in [0.4, 0.5) is 11.4 Å². The molecule has 0 fully saturated rings. The van der Waals surface area contributed by atoms with Crippen LogP contribution in [-0.4, -0.2) is 17.0 Å². The van der Waals surface area contributed by atoms with Crippen LogP contribution in [0.15, 0.2) is 48.5 Å². The molecule has 2 aromatic rings. The number of nitrogens with zero attached hydrogens (tertiary/aromatic N) is 1. The lowest BCUT2D eigenvalue weighted by Crippen LogP contribution is -2.49. The summed E-state index contributed by atoms with van der Waals surface area (Å²) in [5, 5.41) is 3.71. The van der Waals surface area contributed by atoms with Crippen molar-refractivity contribution in [3.63, 3.8) is 0 Å². The van der Waals surface area contributed by atoms with Crippen molar-refractivity contribution in [1.82, 2.24) is 0 Å². The van der Waals surface area contributed by atoms with Gasteiger partial charge in [0.25, 0.3) is 0 Å². The van der Waals surface area contributed by atoms with Crippen LogP contribution < -0.4 is 10.2 Å². The van der Waals surface area contributed by atoms with E-state index in [-0.39, 0.29) is 22.4 Å². The first-order valence-electron chi connectivity index (χ1n) is 11.0. The topological polar surface area (TPSA) is 32.3 Å². The van der Waals surface area contributed by atoms with Crippen molar-refractivity contribution in [2.45, 2.75) is 77.8 Å². The molecule has 2 heterocycles. The number of allylic oxidation sites excluding steroid dienone is 1. The third-order valence-electron chi connectivity index (χ3n) is 6.79. The second-order valence-corrected chi connectivity index (χ2v) is 10.4. The number of fused-ring (bicyclic) bond motifs is 2. The number of hydrogen-bond acceptors (Lipinski definition) is 2. The summed E-state index contributed by atoms with van der Waals surface area (Å²) in [6.45, 7) is 15.2. The molecule has 0 spiro atoms. The number of carbonyl (C=O) groups is 1. The Kier molecular flexibility index (Phi) is 4.65. The van der Waals surface area contributed by atoms with Crippen molar-refractivity contribution in [3.05, 3.63) is 65.2 Å². The molecular formula is C27H34N2O. The third kappa shape index (κ3) is 3.15. The van der Waals surface area contributed by atoms with Crippen molar-refractivity contribution in [1.29, 1.82) is 0 Å². The first kappa shape index (κ1) is 20.7. The molecular weight excluding hydrogens is 368 g/mol. The summed E-state index contributed by atoms with van der Waals surface area (Å²) in [7, 11) is 0. The molecule has 3 heteroatoms. The normalized spacial score (nSPS) is 23.7. The zero-order valence-corrected chi connectivity index (χ0v) is 19.4. The average Bonchev–Trinajstić information content (AvgIpc) is 2.66. The predicted molar refractivity (Wildman–Crippen MR) is 127 cm³/mol. The number of benzene rings is 2. The van der Waals surface area contributed by atoms with Gasteiger partial charge in [-0.15, -0.1) is 0 Å². The van der Waals surface area contributed by atoms with E-state index in [2.05, 4.69) is 95.4 Å². The maximum Gasteiger partial charge on any atom is 0.227 e. The van der Waals surface area contributed by atoms with Crippen LogP contribution in [0.25, 0.3) is 5.57 Å². The number of anilines is 2. The van der Waals surface area contributed by atoms with Crippen LogP contribution in [0, 0.1) is 0 Å². The van der Waals surface area contributed by atoms with E-state index in [4.69, 9.17) is 0 Å². The van der Waals surface area contributed by atoms with Crippen molar-refractivity contribution >= 4 is 22.9 Å². The van der Waals surface area contributed by atoms with Crippen LogP contribution >= 0.6 is 0 Å². The fourth-order valence-corrected chi connectivity index (χ4v) is 5.71. The van der Waals surface area contributed by atoms with Crippen molar-refractivity contribution in [2.75, 3.05) is 10.2 Å². The van der Waals surface area contributed by atoms with Gasteiger partial charge in [0.2, 0.25) is 5.91 Å². The van der Waals surface area contributed by atoms with Gasteiger partial charge in [0.1, 0.15) is 0 Å². The highest BCUT2D eigenvalue weighted by molar-refractivity contribution is 6.00. The lowest BCUT2D eigenvalue weighted by molar-refractivity contribution is -0.119. The van der Waals surface area contributed by atoms with Gasteiger partial charge in [0, 0.05) is 28.6 Å². The summed E-state index contributed by atoms with van der Waals surface area (Å²) in [6.07, 6.45) is 3.74. The summed E-state index contributed by atoms with van der Waals surface area (Å²) in [5.74, 6) is 0.164. The maximum atomic E-state index is 12.8. The van der Waals surface area contributed by atoms with Crippen LogP contribution in [0.5, 0.6) is 0 Å². The van der Waals surface area contributed by atoms with Gasteiger partial charge in [-0.25, -0.2) is 0 Å². The molecule has 30 heavy (non-hydrogen) atoms. The molecule has 0 saturated heterocycles. The van der Waals surface area contributed by atoms with Gasteiger partial charge in [0.05, 0.1) is 11.2 Å². The molecule has 1 atom stereocenters. The van der Waals surface area contributed by atoms with Crippen LogP contribution in [0.3, 0.4) is 0 Å². The third-order valence-corrected chi connectivity index (χ3v) is 6.79. The van der Waals surface area contributed by atoms with E-state index in [0.717, 1.165) is 12.1 Å². The van der Waals surface area contributed by atoms with Gasteiger partial charge in [-0.1, -0.05) is 44.2 Å². The number of para-hydroxylation sites is 1. The molecule has 1 amide bonds. The Morgan fingerprint density at radius 1 is 1.07 bits per heavy atom. The van der Waals surface area contributed by atoms with E-state index in [1.165, 1.54) is 28.0 Å². The van der Waals surface area contributed by atoms with Gasteiger partial charge < -0.3 is 10.2 Å². The largest absolute Gasteiger partial charge is 0.380 e. The lowest BCUT2D eigenvalue weighted by atomic mass is 9.65. The Hall–Kier alpha value is -2.55. The minimum Gasteiger partial charge on any atom is -0.380 e. The molecule has 1 N–H and O–H groups in total. The minimum atomic E-state index is -0.320.